The maximum Gasteiger partial charge on any atom is 0.329 e. The number of nitrogens with one attached hydrogen (secondary N) is 1. The summed E-state index contributed by atoms with van der Waals surface area (Å²) in [6, 6.07) is 7.31. The standard InChI is InChI=1S/C17H17Cl2NO4/c1-10(2)15(20-16(21)14-4-3-7-23-14)17(22)24-9-11-5-6-12(18)13(19)8-11/h3-8,10,15H,9H2,1-2H3,(H,20,21)/t15-/m1/s1. The molecule has 1 N–H and O–H groups in total. The van der Waals surface area contributed by atoms with Crippen LogP contribution in [-0.2, 0) is 16.1 Å². The van der Waals surface area contributed by atoms with Gasteiger partial charge in [0.2, 0.25) is 0 Å². The second-order valence-electron chi connectivity index (χ2n) is 5.53. The molecule has 0 fully saturated rings. The minimum atomic E-state index is -0.787. The summed E-state index contributed by atoms with van der Waals surface area (Å²) < 4.78 is 10.3. The van der Waals surface area contributed by atoms with Gasteiger partial charge in [-0.25, -0.2) is 4.79 Å². The van der Waals surface area contributed by atoms with Gasteiger partial charge in [0.1, 0.15) is 12.6 Å². The molecule has 5 nitrogen and oxygen atoms in total. The number of furan rings is 1. The molecule has 24 heavy (non-hydrogen) atoms. The van der Waals surface area contributed by atoms with E-state index in [1.54, 1.807) is 24.3 Å². The van der Waals surface area contributed by atoms with E-state index >= 15 is 0 Å². The van der Waals surface area contributed by atoms with Crippen molar-refractivity contribution in [2.24, 2.45) is 5.92 Å². The van der Waals surface area contributed by atoms with Gasteiger partial charge in [0.25, 0.3) is 5.91 Å². The number of benzene rings is 1. The van der Waals surface area contributed by atoms with Crippen molar-refractivity contribution < 1.29 is 18.7 Å². The second kappa shape index (κ2) is 8.22. The van der Waals surface area contributed by atoms with Gasteiger partial charge in [-0.1, -0.05) is 43.1 Å². The zero-order chi connectivity index (χ0) is 17.7. The summed E-state index contributed by atoms with van der Waals surface area (Å²) in [5.41, 5.74) is 0.706. The molecule has 2 aromatic rings. The molecule has 1 amide bonds. The minimum Gasteiger partial charge on any atom is -0.459 e. The maximum absolute atomic E-state index is 12.3. The first-order valence-electron chi connectivity index (χ1n) is 7.33. The van der Waals surface area contributed by atoms with Crippen LogP contribution in [-0.4, -0.2) is 17.9 Å². The van der Waals surface area contributed by atoms with Crippen LogP contribution < -0.4 is 5.32 Å². The van der Waals surface area contributed by atoms with Crippen molar-refractivity contribution in [3.8, 4) is 0 Å². The molecule has 1 heterocycles. The summed E-state index contributed by atoms with van der Waals surface area (Å²) in [7, 11) is 0. The smallest absolute Gasteiger partial charge is 0.329 e. The first-order chi connectivity index (χ1) is 11.4. The van der Waals surface area contributed by atoms with Crippen molar-refractivity contribution in [2.45, 2.75) is 26.5 Å². The Morgan fingerprint density at radius 2 is 1.96 bits per heavy atom. The zero-order valence-corrected chi connectivity index (χ0v) is 14.7. The Morgan fingerprint density at radius 1 is 1.21 bits per heavy atom. The monoisotopic (exact) mass is 369 g/mol. The van der Waals surface area contributed by atoms with Crippen LogP contribution in [0, 0.1) is 5.92 Å². The molecule has 0 saturated heterocycles. The lowest BCUT2D eigenvalue weighted by atomic mass is 10.0. The SMILES string of the molecule is CC(C)[C@@H](NC(=O)c1ccco1)C(=O)OCc1ccc(Cl)c(Cl)c1. The van der Waals surface area contributed by atoms with Crippen LogP contribution in [0.15, 0.2) is 41.0 Å². The third kappa shape index (κ3) is 4.76. The number of halogens is 2. The zero-order valence-electron chi connectivity index (χ0n) is 13.2. The van der Waals surface area contributed by atoms with E-state index in [1.807, 2.05) is 13.8 Å². The summed E-state index contributed by atoms with van der Waals surface area (Å²) in [4.78, 5) is 24.3. The van der Waals surface area contributed by atoms with E-state index in [-0.39, 0.29) is 18.3 Å². The van der Waals surface area contributed by atoms with Crippen molar-refractivity contribution >= 4 is 35.1 Å². The average Bonchev–Trinajstić information content (AvgIpc) is 3.07. The maximum atomic E-state index is 12.3. The molecule has 7 heteroatoms. The number of hydrogen-bond acceptors (Lipinski definition) is 4. The Bertz CT molecular complexity index is 713. The molecular weight excluding hydrogens is 353 g/mol. The van der Waals surface area contributed by atoms with E-state index < -0.39 is 17.9 Å². The van der Waals surface area contributed by atoms with Gasteiger partial charge in [-0.3, -0.25) is 4.79 Å². The van der Waals surface area contributed by atoms with Crippen LogP contribution in [0.3, 0.4) is 0 Å². The average molecular weight is 370 g/mol. The lowest BCUT2D eigenvalue weighted by molar-refractivity contribution is -0.148. The molecule has 1 atom stereocenters. The van der Waals surface area contributed by atoms with Gasteiger partial charge in [0.15, 0.2) is 5.76 Å². The van der Waals surface area contributed by atoms with Crippen LogP contribution in [0.5, 0.6) is 0 Å². The van der Waals surface area contributed by atoms with E-state index in [9.17, 15) is 9.59 Å². The summed E-state index contributed by atoms with van der Waals surface area (Å²) in [6.45, 7) is 3.66. The fourth-order valence-electron chi connectivity index (χ4n) is 1.99. The first kappa shape index (κ1) is 18.4. The van der Waals surface area contributed by atoms with Crippen molar-refractivity contribution in [2.75, 3.05) is 0 Å². The Labute approximate surface area is 149 Å². The van der Waals surface area contributed by atoms with Gasteiger partial charge in [-0.15, -0.1) is 0 Å². The molecule has 0 spiro atoms. The van der Waals surface area contributed by atoms with Gasteiger partial charge in [0, 0.05) is 0 Å². The van der Waals surface area contributed by atoms with Gasteiger partial charge in [-0.2, -0.15) is 0 Å². The van der Waals surface area contributed by atoms with Gasteiger partial charge >= 0.3 is 5.97 Å². The number of rotatable bonds is 6. The number of hydrogen-bond donors (Lipinski definition) is 1. The van der Waals surface area contributed by atoms with E-state index in [4.69, 9.17) is 32.4 Å². The van der Waals surface area contributed by atoms with Crippen molar-refractivity contribution in [3.05, 3.63) is 58.0 Å². The minimum absolute atomic E-state index is 0.0373. The van der Waals surface area contributed by atoms with Crippen LogP contribution >= 0.6 is 23.2 Å². The molecule has 0 bridgehead atoms. The summed E-state index contributed by atoms with van der Waals surface area (Å²) in [6.07, 6.45) is 1.39. The molecule has 0 aliphatic heterocycles. The normalized spacial score (nSPS) is 12.0. The highest BCUT2D eigenvalue weighted by atomic mass is 35.5. The highest BCUT2D eigenvalue weighted by Gasteiger charge is 2.27. The van der Waals surface area contributed by atoms with Gasteiger partial charge < -0.3 is 14.5 Å². The molecule has 0 aliphatic rings. The largest absolute Gasteiger partial charge is 0.459 e. The van der Waals surface area contributed by atoms with Crippen molar-refractivity contribution in [1.29, 1.82) is 0 Å². The van der Waals surface area contributed by atoms with E-state index in [0.29, 0.717) is 15.6 Å². The number of carbonyl (C=O) groups is 2. The number of esters is 1. The third-order valence-electron chi connectivity index (χ3n) is 3.32. The quantitative estimate of drug-likeness (QED) is 0.778. The van der Waals surface area contributed by atoms with Crippen molar-refractivity contribution in [3.63, 3.8) is 0 Å². The fourth-order valence-corrected chi connectivity index (χ4v) is 2.31. The number of carbonyl (C=O) groups excluding carboxylic acids is 2. The summed E-state index contributed by atoms with van der Waals surface area (Å²) in [5.74, 6) is -1.01. The van der Waals surface area contributed by atoms with Gasteiger partial charge in [-0.05, 0) is 35.7 Å². The summed E-state index contributed by atoms with van der Waals surface area (Å²) >= 11 is 11.8. The molecule has 0 radical (unpaired) electrons. The van der Waals surface area contributed by atoms with Gasteiger partial charge in [0.05, 0.1) is 16.3 Å². The molecule has 2 rings (SSSR count). The van der Waals surface area contributed by atoms with E-state index in [1.165, 1.54) is 12.3 Å². The Balaban J connectivity index is 1.98. The molecule has 1 aromatic heterocycles. The third-order valence-corrected chi connectivity index (χ3v) is 4.06. The molecule has 0 saturated carbocycles. The molecule has 128 valence electrons. The molecule has 0 unspecified atom stereocenters. The lowest BCUT2D eigenvalue weighted by Crippen LogP contribution is -2.45. The van der Waals surface area contributed by atoms with Crippen molar-refractivity contribution in [1.82, 2.24) is 5.32 Å². The predicted octanol–water partition coefficient (Wildman–Crippen LogP) is 4.08. The highest BCUT2D eigenvalue weighted by molar-refractivity contribution is 6.42. The molecule has 1 aromatic carbocycles. The molecular formula is C17H17Cl2NO4. The highest BCUT2D eigenvalue weighted by Crippen LogP contribution is 2.23. The second-order valence-corrected chi connectivity index (χ2v) is 6.34. The molecule has 0 aliphatic carbocycles. The van der Waals surface area contributed by atoms with E-state index in [0.717, 1.165) is 0 Å². The predicted molar refractivity (Wildman–Crippen MR) is 91.1 cm³/mol. The summed E-state index contributed by atoms with van der Waals surface area (Å²) in [5, 5.41) is 3.44. The lowest BCUT2D eigenvalue weighted by Gasteiger charge is -2.20. The Kier molecular flexibility index (Phi) is 6.29. The Hall–Kier alpha value is -1.98. The van der Waals surface area contributed by atoms with E-state index in [2.05, 4.69) is 5.32 Å². The van der Waals surface area contributed by atoms with Crippen LogP contribution in [0.4, 0.5) is 0 Å². The van der Waals surface area contributed by atoms with Crippen LogP contribution in [0.2, 0.25) is 10.0 Å². The number of ether oxygens (including phenoxy) is 1. The van der Waals surface area contributed by atoms with Crippen LogP contribution in [0.1, 0.15) is 30.0 Å². The number of amides is 1. The fraction of sp³-hybridized carbons (Fsp3) is 0.294. The first-order valence-corrected chi connectivity index (χ1v) is 8.09. The van der Waals surface area contributed by atoms with Crippen LogP contribution in [0.25, 0.3) is 0 Å². The topological polar surface area (TPSA) is 68.5 Å². The Morgan fingerprint density at radius 3 is 2.54 bits per heavy atom.